The average Bonchev–Trinajstić information content (AvgIpc) is 3.57. The van der Waals surface area contributed by atoms with E-state index in [2.05, 4.69) is 0 Å². The number of ketones is 1. The molecular formula is C27H12N2O3S. The molecule has 6 heteroatoms. The number of nitrogens with zero attached hydrogens (tertiary/aromatic N) is 2. The summed E-state index contributed by atoms with van der Waals surface area (Å²) < 4.78 is 12.8. The Morgan fingerprint density at radius 1 is 0.848 bits per heavy atom. The quantitative estimate of drug-likeness (QED) is 0.216. The number of hydrogen-bond acceptors (Lipinski definition) is 6. The molecular weight excluding hydrogens is 432 g/mol. The predicted molar refractivity (Wildman–Crippen MR) is 126 cm³/mol. The molecule has 0 spiro atoms. The van der Waals surface area contributed by atoms with Gasteiger partial charge < -0.3 is 8.83 Å². The van der Waals surface area contributed by atoms with Gasteiger partial charge in [0.1, 0.15) is 28.9 Å². The van der Waals surface area contributed by atoms with Gasteiger partial charge in [-0.2, -0.15) is 10.5 Å². The summed E-state index contributed by atoms with van der Waals surface area (Å²) in [4.78, 5) is 13.9. The third kappa shape index (κ3) is 2.94. The fourth-order valence-electron chi connectivity index (χ4n) is 4.14. The van der Waals surface area contributed by atoms with E-state index < -0.39 is 0 Å². The van der Waals surface area contributed by atoms with Crippen LogP contribution in [0, 0.1) is 22.7 Å². The molecule has 6 rings (SSSR count). The first-order valence-corrected chi connectivity index (χ1v) is 10.9. The summed E-state index contributed by atoms with van der Waals surface area (Å²) in [6.45, 7) is 0. The molecule has 0 N–H and O–H groups in total. The number of thiophene rings is 1. The number of benzene rings is 2. The maximum absolute atomic E-state index is 13.1. The summed E-state index contributed by atoms with van der Waals surface area (Å²) >= 11 is 1.46. The topological polar surface area (TPSA) is 90.9 Å². The number of hydrogen-bond donors (Lipinski definition) is 0. The van der Waals surface area contributed by atoms with Crippen molar-refractivity contribution >= 4 is 50.0 Å². The fraction of sp³-hybridized carbons (Fsp3) is 0. The van der Waals surface area contributed by atoms with Crippen LogP contribution in [0.25, 0.3) is 44.4 Å². The first-order chi connectivity index (χ1) is 16.2. The van der Waals surface area contributed by atoms with Crippen LogP contribution in [0.4, 0.5) is 0 Å². The molecule has 0 bridgehead atoms. The van der Waals surface area contributed by atoms with Crippen molar-refractivity contribution in [2.24, 2.45) is 0 Å². The lowest BCUT2D eigenvalue weighted by atomic mass is 9.99. The van der Waals surface area contributed by atoms with Crippen molar-refractivity contribution in [3.63, 3.8) is 0 Å². The van der Waals surface area contributed by atoms with E-state index in [9.17, 15) is 15.3 Å². The van der Waals surface area contributed by atoms with Crippen molar-refractivity contribution < 1.29 is 13.6 Å². The van der Waals surface area contributed by atoms with Gasteiger partial charge in [-0.05, 0) is 29.8 Å². The second-order valence-corrected chi connectivity index (χ2v) is 8.66. The van der Waals surface area contributed by atoms with Gasteiger partial charge in [0.05, 0.1) is 4.70 Å². The molecule has 154 valence electrons. The SMILES string of the molecule is N#CC(C#N)=C1/C(=C/c2cc3oc(-c4cc5ccccc5o4)cc3s2)C(=O)c2ccccc21. The van der Waals surface area contributed by atoms with Gasteiger partial charge in [0.2, 0.25) is 0 Å². The van der Waals surface area contributed by atoms with E-state index in [1.807, 2.05) is 54.6 Å². The van der Waals surface area contributed by atoms with Gasteiger partial charge >= 0.3 is 0 Å². The second kappa shape index (κ2) is 7.20. The molecule has 0 amide bonds. The Kier molecular flexibility index (Phi) is 4.16. The van der Waals surface area contributed by atoms with Crippen LogP contribution in [0.2, 0.25) is 0 Å². The molecule has 5 aromatic rings. The average molecular weight is 444 g/mol. The van der Waals surface area contributed by atoms with Crippen molar-refractivity contribution in [3.05, 3.63) is 93.9 Å². The van der Waals surface area contributed by atoms with Crippen molar-refractivity contribution in [1.29, 1.82) is 10.5 Å². The van der Waals surface area contributed by atoms with Gasteiger partial charge in [-0.1, -0.05) is 42.5 Å². The Morgan fingerprint density at radius 3 is 2.30 bits per heavy atom. The van der Waals surface area contributed by atoms with Gasteiger partial charge in [-0.3, -0.25) is 4.79 Å². The van der Waals surface area contributed by atoms with Crippen LogP contribution in [0.1, 0.15) is 20.8 Å². The van der Waals surface area contributed by atoms with Crippen molar-refractivity contribution in [2.75, 3.05) is 0 Å². The van der Waals surface area contributed by atoms with Crippen LogP contribution in [-0.2, 0) is 0 Å². The monoisotopic (exact) mass is 444 g/mol. The number of furan rings is 2. The van der Waals surface area contributed by atoms with Gasteiger partial charge in [0.25, 0.3) is 0 Å². The third-order valence-corrected chi connectivity index (χ3v) is 6.62. The van der Waals surface area contributed by atoms with Crippen LogP contribution in [0.3, 0.4) is 0 Å². The highest BCUT2D eigenvalue weighted by molar-refractivity contribution is 7.19. The van der Waals surface area contributed by atoms with Crippen molar-refractivity contribution in [1.82, 2.24) is 0 Å². The highest BCUT2D eigenvalue weighted by Gasteiger charge is 2.32. The van der Waals surface area contributed by atoms with E-state index in [1.54, 1.807) is 30.3 Å². The minimum Gasteiger partial charge on any atom is -0.453 e. The molecule has 5 nitrogen and oxygen atoms in total. The van der Waals surface area contributed by atoms with E-state index in [0.717, 1.165) is 20.5 Å². The maximum atomic E-state index is 13.1. The molecule has 0 saturated heterocycles. The zero-order valence-electron chi connectivity index (χ0n) is 17.0. The summed E-state index contributed by atoms with van der Waals surface area (Å²) in [6, 6.07) is 24.4. The number of nitriles is 2. The number of allylic oxidation sites excluding steroid dienone is 3. The number of Topliss-reactive ketones (excluding diaryl/α,β-unsaturated/α-hetero) is 1. The highest BCUT2D eigenvalue weighted by Crippen LogP contribution is 2.42. The number of fused-ring (bicyclic) bond motifs is 3. The van der Waals surface area contributed by atoms with Gasteiger partial charge in [0.15, 0.2) is 17.3 Å². The Hall–Kier alpha value is -4.65. The van der Waals surface area contributed by atoms with Crippen LogP contribution < -0.4 is 0 Å². The molecule has 33 heavy (non-hydrogen) atoms. The third-order valence-electron chi connectivity index (χ3n) is 5.61. The molecule has 3 aromatic heterocycles. The highest BCUT2D eigenvalue weighted by atomic mass is 32.1. The van der Waals surface area contributed by atoms with Crippen LogP contribution in [0.15, 0.2) is 86.7 Å². The minimum atomic E-state index is -0.198. The summed E-state index contributed by atoms with van der Waals surface area (Å²) in [5.41, 5.74) is 3.23. The summed E-state index contributed by atoms with van der Waals surface area (Å²) in [5, 5.41) is 19.9. The molecule has 0 atom stereocenters. The van der Waals surface area contributed by atoms with Gasteiger partial charge in [-0.25, -0.2) is 0 Å². The maximum Gasteiger partial charge on any atom is 0.194 e. The largest absolute Gasteiger partial charge is 0.453 e. The zero-order chi connectivity index (χ0) is 22.5. The lowest BCUT2D eigenvalue weighted by Gasteiger charge is -2.01. The van der Waals surface area contributed by atoms with Crippen molar-refractivity contribution in [3.8, 4) is 23.7 Å². The molecule has 0 saturated carbocycles. The molecule has 0 aliphatic heterocycles. The van der Waals surface area contributed by atoms with E-state index in [-0.39, 0.29) is 11.4 Å². The van der Waals surface area contributed by atoms with Gasteiger partial charge in [0, 0.05) is 33.0 Å². The Morgan fingerprint density at radius 2 is 1.55 bits per heavy atom. The lowest BCUT2D eigenvalue weighted by molar-refractivity contribution is 0.104. The number of para-hydroxylation sites is 1. The Labute approximate surface area is 191 Å². The number of carbonyl (C=O) groups excluding carboxylic acids is 1. The summed E-state index contributed by atoms with van der Waals surface area (Å²) in [6.07, 6.45) is 1.73. The van der Waals surface area contributed by atoms with Gasteiger partial charge in [-0.15, -0.1) is 11.3 Å². The van der Waals surface area contributed by atoms with E-state index in [1.165, 1.54) is 11.3 Å². The van der Waals surface area contributed by atoms with Crippen LogP contribution in [0.5, 0.6) is 0 Å². The van der Waals surface area contributed by atoms with E-state index in [0.29, 0.717) is 39.4 Å². The van der Waals surface area contributed by atoms with Crippen LogP contribution >= 0.6 is 11.3 Å². The van der Waals surface area contributed by atoms with Crippen LogP contribution in [-0.4, -0.2) is 5.78 Å². The molecule has 1 aliphatic rings. The standard InChI is InChI=1S/C27H12N2O3S/c28-13-16(14-29)26-18-6-2-3-7-19(18)27(30)20(26)10-17-11-24-25(33-17)12-23(32-24)22-9-15-5-1-4-8-21(15)31-22/h1-12H/b20-10-. The second-order valence-electron chi connectivity index (χ2n) is 7.54. The first-order valence-electron chi connectivity index (χ1n) is 10.1. The van der Waals surface area contributed by atoms with E-state index >= 15 is 0 Å². The van der Waals surface area contributed by atoms with Crippen molar-refractivity contribution in [2.45, 2.75) is 0 Å². The number of rotatable bonds is 2. The Bertz CT molecular complexity index is 1680. The fourth-order valence-corrected chi connectivity index (χ4v) is 5.10. The normalized spacial score (nSPS) is 14.1. The summed E-state index contributed by atoms with van der Waals surface area (Å²) in [5.74, 6) is 1.09. The number of carbonyl (C=O) groups is 1. The summed E-state index contributed by atoms with van der Waals surface area (Å²) in [7, 11) is 0. The molecule has 0 unspecified atom stereocenters. The van der Waals surface area contributed by atoms with E-state index in [4.69, 9.17) is 8.83 Å². The zero-order valence-corrected chi connectivity index (χ0v) is 17.8. The molecule has 0 radical (unpaired) electrons. The Balaban J connectivity index is 1.43. The smallest absolute Gasteiger partial charge is 0.194 e. The molecule has 3 heterocycles. The predicted octanol–water partition coefficient (Wildman–Crippen LogP) is 6.99. The minimum absolute atomic E-state index is 0.0769. The lowest BCUT2D eigenvalue weighted by Crippen LogP contribution is -1.95. The molecule has 0 fully saturated rings. The first kappa shape index (κ1) is 19.1. The molecule has 1 aliphatic carbocycles. The molecule has 2 aromatic carbocycles.